The Bertz CT molecular complexity index is 314. The summed E-state index contributed by atoms with van der Waals surface area (Å²) in [4.78, 5) is 11.1. The third kappa shape index (κ3) is 3.05. The van der Waals surface area contributed by atoms with Crippen LogP contribution >= 0.6 is 0 Å². The molecule has 0 saturated carbocycles. The first-order valence-electron chi connectivity index (χ1n) is 4.62. The Morgan fingerprint density at radius 1 is 1.36 bits per heavy atom. The molecule has 0 saturated heterocycles. The van der Waals surface area contributed by atoms with Crippen molar-refractivity contribution in [2.75, 3.05) is 0 Å². The Hall–Kier alpha value is -1.57. The van der Waals surface area contributed by atoms with Gasteiger partial charge in [0.05, 0.1) is 0 Å². The Morgan fingerprint density at radius 3 is 2.57 bits per heavy atom. The highest BCUT2D eigenvalue weighted by molar-refractivity contribution is 5.81. The molecule has 1 rings (SSSR count). The Morgan fingerprint density at radius 2 is 2.00 bits per heavy atom. The lowest BCUT2D eigenvalue weighted by atomic mass is 10.1. The van der Waals surface area contributed by atoms with Crippen LogP contribution in [0, 0.1) is 0 Å². The molecule has 0 amide bonds. The summed E-state index contributed by atoms with van der Waals surface area (Å²) in [7, 11) is 0. The monoisotopic (exact) mass is 190 g/mol. The molecule has 14 heavy (non-hydrogen) atoms. The molecular weight excluding hydrogens is 176 g/mol. The van der Waals surface area contributed by atoms with Crippen molar-refractivity contribution in [3.63, 3.8) is 0 Å². The van der Waals surface area contributed by atoms with Gasteiger partial charge in [0.25, 0.3) is 0 Å². The van der Waals surface area contributed by atoms with E-state index in [1.54, 1.807) is 13.0 Å². The zero-order valence-corrected chi connectivity index (χ0v) is 8.44. The molecule has 0 unspecified atom stereocenters. The number of esters is 1. The molecule has 2 nitrogen and oxygen atoms in total. The van der Waals surface area contributed by atoms with Crippen LogP contribution < -0.4 is 0 Å². The Kier molecular flexibility index (Phi) is 3.92. The number of carbonyl (C=O) groups excluding carboxylic acids is 1. The second-order valence-corrected chi connectivity index (χ2v) is 2.99. The molecule has 0 radical (unpaired) electrons. The van der Waals surface area contributed by atoms with Gasteiger partial charge in [0.2, 0.25) is 0 Å². The van der Waals surface area contributed by atoms with Crippen LogP contribution in [-0.2, 0) is 9.53 Å². The third-order valence-electron chi connectivity index (χ3n) is 1.86. The van der Waals surface area contributed by atoms with E-state index in [-0.39, 0.29) is 12.1 Å². The van der Waals surface area contributed by atoms with Gasteiger partial charge in [-0.3, -0.25) is 0 Å². The number of hydrogen-bond acceptors (Lipinski definition) is 2. The smallest absolute Gasteiger partial charge is 0.331 e. The number of rotatable bonds is 3. The van der Waals surface area contributed by atoms with E-state index in [1.807, 2.05) is 37.3 Å². The van der Waals surface area contributed by atoms with Gasteiger partial charge < -0.3 is 4.74 Å². The van der Waals surface area contributed by atoms with Gasteiger partial charge in [-0.05, 0) is 19.4 Å². The van der Waals surface area contributed by atoms with Crippen molar-refractivity contribution in [3.8, 4) is 0 Å². The molecule has 0 heterocycles. The molecule has 0 N–H and O–H groups in total. The molecule has 0 spiro atoms. The summed E-state index contributed by atoms with van der Waals surface area (Å²) >= 11 is 0. The maximum atomic E-state index is 11.1. The van der Waals surface area contributed by atoms with E-state index in [1.165, 1.54) is 6.08 Å². The summed E-state index contributed by atoms with van der Waals surface area (Å²) in [6.07, 6.45) is 2.89. The Labute approximate surface area is 84.2 Å². The molecule has 0 aliphatic carbocycles. The van der Waals surface area contributed by atoms with Crippen molar-refractivity contribution in [1.82, 2.24) is 0 Å². The van der Waals surface area contributed by atoms with Crippen LogP contribution in [-0.4, -0.2) is 5.97 Å². The Balaban J connectivity index is 2.59. The van der Waals surface area contributed by atoms with Gasteiger partial charge in [0, 0.05) is 6.08 Å². The van der Waals surface area contributed by atoms with Crippen LogP contribution in [0.15, 0.2) is 42.5 Å². The van der Waals surface area contributed by atoms with Crippen LogP contribution in [0.3, 0.4) is 0 Å². The minimum atomic E-state index is -0.302. The van der Waals surface area contributed by atoms with Crippen molar-refractivity contribution in [1.29, 1.82) is 0 Å². The largest absolute Gasteiger partial charge is 0.455 e. The fourth-order valence-electron chi connectivity index (χ4n) is 1.14. The predicted molar refractivity (Wildman–Crippen MR) is 55.8 cm³/mol. The van der Waals surface area contributed by atoms with E-state index >= 15 is 0 Å². The minimum Gasteiger partial charge on any atom is -0.455 e. The number of hydrogen-bond donors (Lipinski definition) is 0. The summed E-state index contributed by atoms with van der Waals surface area (Å²) in [5.41, 5.74) is 1.00. The average Bonchev–Trinajstić information content (AvgIpc) is 2.19. The molecule has 0 bridgehead atoms. The highest BCUT2D eigenvalue weighted by Gasteiger charge is 2.07. The number of allylic oxidation sites excluding steroid dienone is 1. The first-order valence-corrected chi connectivity index (χ1v) is 4.62. The third-order valence-corrected chi connectivity index (χ3v) is 1.86. The van der Waals surface area contributed by atoms with Gasteiger partial charge in [-0.15, -0.1) is 0 Å². The van der Waals surface area contributed by atoms with E-state index in [2.05, 4.69) is 0 Å². The normalized spacial score (nSPS) is 12.7. The summed E-state index contributed by atoms with van der Waals surface area (Å²) in [5, 5.41) is 0. The highest BCUT2D eigenvalue weighted by atomic mass is 16.5. The van der Waals surface area contributed by atoms with Gasteiger partial charge in [-0.1, -0.05) is 36.4 Å². The van der Waals surface area contributed by atoms with E-state index in [0.29, 0.717) is 0 Å². The molecular formula is C12H14O2. The number of benzene rings is 1. The number of ether oxygens (including phenoxy) is 1. The summed E-state index contributed by atoms with van der Waals surface area (Å²) in [5.74, 6) is -0.302. The highest BCUT2D eigenvalue weighted by Crippen LogP contribution is 2.15. The van der Waals surface area contributed by atoms with E-state index in [0.717, 1.165) is 5.56 Å². The van der Waals surface area contributed by atoms with Crippen LogP contribution in [0.25, 0.3) is 0 Å². The minimum absolute atomic E-state index is 0.195. The zero-order valence-electron chi connectivity index (χ0n) is 8.44. The van der Waals surface area contributed by atoms with E-state index in [4.69, 9.17) is 4.74 Å². The molecule has 0 aliphatic rings. The van der Waals surface area contributed by atoms with Crippen molar-refractivity contribution in [2.24, 2.45) is 0 Å². The maximum absolute atomic E-state index is 11.1. The summed E-state index contributed by atoms with van der Waals surface area (Å²) in [6, 6.07) is 9.66. The molecule has 0 aliphatic heterocycles. The molecule has 74 valence electrons. The van der Waals surface area contributed by atoms with E-state index < -0.39 is 0 Å². The lowest BCUT2D eigenvalue weighted by Gasteiger charge is -2.11. The van der Waals surface area contributed by atoms with Crippen LogP contribution in [0.1, 0.15) is 25.5 Å². The predicted octanol–water partition coefficient (Wildman–Crippen LogP) is 2.87. The van der Waals surface area contributed by atoms with Gasteiger partial charge >= 0.3 is 5.97 Å². The maximum Gasteiger partial charge on any atom is 0.331 e. The molecule has 0 fully saturated rings. The van der Waals surface area contributed by atoms with Crippen molar-refractivity contribution >= 4 is 5.97 Å². The van der Waals surface area contributed by atoms with Gasteiger partial charge in [0.1, 0.15) is 6.10 Å². The first-order chi connectivity index (χ1) is 6.74. The van der Waals surface area contributed by atoms with Crippen LogP contribution in [0.2, 0.25) is 0 Å². The van der Waals surface area contributed by atoms with Crippen LogP contribution in [0.5, 0.6) is 0 Å². The fourth-order valence-corrected chi connectivity index (χ4v) is 1.14. The SMILES string of the molecule is C/C=C/C(=O)O[C@H](C)c1ccccc1. The first kappa shape index (κ1) is 10.5. The standard InChI is InChI=1S/C12H14O2/c1-3-7-12(13)14-10(2)11-8-5-4-6-9-11/h3-10H,1-2H3/b7-3+/t10-/m1/s1. The molecule has 2 heteroatoms. The lowest BCUT2D eigenvalue weighted by Crippen LogP contribution is -2.05. The average molecular weight is 190 g/mol. The molecule has 1 aromatic carbocycles. The fraction of sp³-hybridized carbons (Fsp3) is 0.250. The summed E-state index contributed by atoms with van der Waals surface area (Å²) in [6.45, 7) is 3.64. The second-order valence-electron chi connectivity index (χ2n) is 2.99. The van der Waals surface area contributed by atoms with Crippen molar-refractivity contribution in [3.05, 3.63) is 48.0 Å². The van der Waals surface area contributed by atoms with Crippen molar-refractivity contribution < 1.29 is 9.53 Å². The topological polar surface area (TPSA) is 26.3 Å². The molecule has 1 aromatic rings. The zero-order chi connectivity index (χ0) is 10.4. The van der Waals surface area contributed by atoms with Crippen molar-refractivity contribution in [2.45, 2.75) is 20.0 Å². The van der Waals surface area contributed by atoms with Gasteiger partial charge in [-0.2, -0.15) is 0 Å². The molecule has 0 aromatic heterocycles. The molecule has 1 atom stereocenters. The van der Waals surface area contributed by atoms with Crippen LogP contribution in [0.4, 0.5) is 0 Å². The van der Waals surface area contributed by atoms with Gasteiger partial charge in [-0.25, -0.2) is 4.79 Å². The second kappa shape index (κ2) is 5.22. The summed E-state index contributed by atoms with van der Waals surface area (Å²) < 4.78 is 5.15. The lowest BCUT2D eigenvalue weighted by molar-refractivity contribution is -0.142. The quantitative estimate of drug-likeness (QED) is 0.541. The number of carbonyl (C=O) groups is 1. The van der Waals surface area contributed by atoms with E-state index in [9.17, 15) is 4.79 Å². The van der Waals surface area contributed by atoms with Gasteiger partial charge in [0.15, 0.2) is 0 Å².